The lowest BCUT2D eigenvalue weighted by molar-refractivity contribution is 0.281. The maximum absolute atomic E-state index is 2.55. The summed E-state index contributed by atoms with van der Waals surface area (Å²) in [5.74, 6) is 1.96. The molecule has 0 saturated heterocycles. The van der Waals surface area contributed by atoms with Gasteiger partial charge in [0.1, 0.15) is 0 Å². The van der Waals surface area contributed by atoms with Gasteiger partial charge in [-0.3, -0.25) is 0 Å². The van der Waals surface area contributed by atoms with Crippen molar-refractivity contribution in [3.8, 4) is 0 Å². The third-order valence-electron chi connectivity index (χ3n) is 9.16. The van der Waals surface area contributed by atoms with Crippen molar-refractivity contribution in [3.63, 3.8) is 0 Å². The Kier molecular flexibility index (Phi) is 32.2. The fourth-order valence-corrected chi connectivity index (χ4v) is 6.41. The number of rotatable bonds is 32. The summed E-state index contributed by atoms with van der Waals surface area (Å²) in [6.07, 6.45) is 45.6. The van der Waals surface area contributed by atoms with Gasteiger partial charge >= 0.3 is 0 Å². The van der Waals surface area contributed by atoms with Crippen LogP contribution in [0.25, 0.3) is 0 Å². The lowest BCUT2D eigenvalue weighted by Crippen LogP contribution is -2.12. The smallest absolute Gasteiger partial charge is 0.0389 e. The molecule has 2 unspecified atom stereocenters. The van der Waals surface area contributed by atoms with E-state index in [9.17, 15) is 0 Å². The highest BCUT2D eigenvalue weighted by Crippen LogP contribution is 2.28. The molecular formula is C37H76. The first-order valence-corrected chi connectivity index (χ1v) is 18.3. The van der Waals surface area contributed by atoms with E-state index in [1.165, 1.54) is 199 Å². The molecule has 0 heteroatoms. The number of unbranched alkanes of at least 4 members (excludes halogenated alkanes) is 25. The SMILES string of the molecule is CCCCCCCCCCCCCCCCCCCCCCCCCCC(C)C(CCC)CCCCC. The van der Waals surface area contributed by atoms with Gasteiger partial charge in [-0.1, -0.05) is 227 Å². The van der Waals surface area contributed by atoms with Crippen LogP contribution in [0.1, 0.15) is 227 Å². The molecule has 0 bridgehead atoms. The molecule has 0 N–H and O–H groups in total. The molecular weight excluding hydrogens is 444 g/mol. The van der Waals surface area contributed by atoms with E-state index < -0.39 is 0 Å². The molecule has 0 aliphatic heterocycles. The van der Waals surface area contributed by atoms with Crippen LogP contribution in [0, 0.1) is 11.8 Å². The summed E-state index contributed by atoms with van der Waals surface area (Å²) in [5.41, 5.74) is 0. The van der Waals surface area contributed by atoms with Crippen molar-refractivity contribution < 1.29 is 0 Å². The second-order valence-corrected chi connectivity index (χ2v) is 12.9. The van der Waals surface area contributed by atoms with E-state index in [1.54, 1.807) is 0 Å². The van der Waals surface area contributed by atoms with Crippen molar-refractivity contribution in [1.82, 2.24) is 0 Å². The Balaban J connectivity index is 3.25. The highest BCUT2D eigenvalue weighted by atomic mass is 14.2. The Morgan fingerprint density at radius 2 is 0.541 bits per heavy atom. The van der Waals surface area contributed by atoms with Crippen molar-refractivity contribution in [3.05, 3.63) is 0 Å². The van der Waals surface area contributed by atoms with Crippen LogP contribution in [-0.2, 0) is 0 Å². The first-order valence-electron chi connectivity index (χ1n) is 18.3. The van der Waals surface area contributed by atoms with Crippen LogP contribution in [-0.4, -0.2) is 0 Å². The molecule has 0 aromatic carbocycles. The van der Waals surface area contributed by atoms with Crippen LogP contribution >= 0.6 is 0 Å². The van der Waals surface area contributed by atoms with Crippen LogP contribution in [0.2, 0.25) is 0 Å². The average molecular weight is 521 g/mol. The Labute approximate surface area is 238 Å². The Bertz CT molecular complexity index is 385. The standard InChI is InChI=1S/C37H76/c1-5-8-10-11-12-13-14-15-16-17-18-19-20-21-22-23-24-25-26-27-28-29-30-32-34-36(4)37(33-7-3)35-31-9-6-2/h36-37H,5-35H2,1-4H3. The quantitative estimate of drug-likeness (QED) is 0.0773. The summed E-state index contributed by atoms with van der Waals surface area (Å²) < 4.78 is 0. The summed E-state index contributed by atoms with van der Waals surface area (Å²) in [5, 5.41) is 0. The molecule has 0 fully saturated rings. The summed E-state index contributed by atoms with van der Waals surface area (Å²) in [7, 11) is 0. The minimum absolute atomic E-state index is 0.955. The van der Waals surface area contributed by atoms with Gasteiger partial charge in [0.15, 0.2) is 0 Å². The van der Waals surface area contributed by atoms with Crippen molar-refractivity contribution in [2.24, 2.45) is 11.8 Å². The van der Waals surface area contributed by atoms with E-state index in [0.717, 1.165) is 11.8 Å². The van der Waals surface area contributed by atoms with Crippen LogP contribution in [0.3, 0.4) is 0 Å². The van der Waals surface area contributed by atoms with Crippen molar-refractivity contribution >= 4 is 0 Å². The first-order chi connectivity index (χ1) is 18.3. The topological polar surface area (TPSA) is 0 Å². The molecule has 0 radical (unpaired) electrons. The van der Waals surface area contributed by atoms with Gasteiger partial charge in [0.2, 0.25) is 0 Å². The predicted octanol–water partition coefficient (Wildman–Crippen LogP) is 14.4. The van der Waals surface area contributed by atoms with Gasteiger partial charge in [0.25, 0.3) is 0 Å². The lowest BCUT2D eigenvalue weighted by atomic mass is 9.82. The van der Waals surface area contributed by atoms with Gasteiger partial charge < -0.3 is 0 Å². The number of hydrogen-bond acceptors (Lipinski definition) is 0. The zero-order chi connectivity index (χ0) is 27.1. The largest absolute Gasteiger partial charge is 0.0654 e. The van der Waals surface area contributed by atoms with E-state index in [0.29, 0.717) is 0 Å². The van der Waals surface area contributed by atoms with Crippen LogP contribution in [0.4, 0.5) is 0 Å². The molecule has 0 nitrogen and oxygen atoms in total. The molecule has 0 heterocycles. The maximum Gasteiger partial charge on any atom is -0.0389 e. The maximum atomic E-state index is 2.55. The molecule has 2 atom stereocenters. The van der Waals surface area contributed by atoms with E-state index in [-0.39, 0.29) is 0 Å². The molecule has 0 aromatic heterocycles. The van der Waals surface area contributed by atoms with Gasteiger partial charge in [-0.25, -0.2) is 0 Å². The van der Waals surface area contributed by atoms with Gasteiger partial charge in [-0.05, 0) is 11.8 Å². The molecule has 37 heavy (non-hydrogen) atoms. The second-order valence-electron chi connectivity index (χ2n) is 12.9. The fraction of sp³-hybridized carbons (Fsp3) is 1.00. The van der Waals surface area contributed by atoms with Crippen LogP contribution in [0.15, 0.2) is 0 Å². The van der Waals surface area contributed by atoms with Gasteiger partial charge in [0.05, 0.1) is 0 Å². The Morgan fingerprint density at radius 1 is 0.270 bits per heavy atom. The predicted molar refractivity (Wildman–Crippen MR) is 173 cm³/mol. The zero-order valence-corrected chi connectivity index (χ0v) is 27.1. The third-order valence-corrected chi connectivity index (χ3v) is 9.16. The Hall–Kier alpha value is 0. The van der Waals surface area contributed by atoms with E-state index in [1.807, 2.05) is 0 Å². The summed E-state index contributed by atoms with van der Waals surface area (Å²) in [4.78, 5) is 0. The number of hydrogen-bond donors (Lipinski definition) is 0. The summed E-state index contributed by atoms with van der Waals surface area (Å²) in [6.45, 7) is 9.56. The minimum atomic E-state index is 0.955. The molecule has 0 rings (SSSR count). The molecule has 224 valence electrons. The van der Waals surface area contributed by atoms with E-state index in [2.05, 4.69) is 27.7 Å². The van der Waals surface area contributed by atoms with Crippen molar-refractivity contribution in [2.45, 2.75) is 227 Å². The zero-order valence-electron chi connectivity index (χ0n) is 27.1. The summed E-state index contributed by atoms with van der Waals surface area (Å²) >= 11 is 0. The van der Waals surface area contributed by atoms with Crippen LogP contribution in [0.5, 0.6) is 0 Å². The monoisotopic (exact) mass is 521 g/mol. The average Bonchev–Trinajstić information content (AvgIpc) is 2.90. The van der Waals surface area contributed by atoms with Crippen molar-refractivity contribution in [1.29, 1.82) is 0 Å². The molecule has 0 aromatic rings. The third kappa shape index (κ3) is 28.8. The minimum Gasteiger partial charge on any atom is -0.0654 e. The van der Waals surface area contributed by atoms with Gasteiger partial charge in [-0.15, -0.1) is 0 Å². The summed E-state index contributed by atoms with van der Waals surface area (Å²) in [6, 6.07) is 0. The van der Waals surface area contributed by atoms with E-state index in [4.69, 9.17) is 0 Å². The molecule has 0 spiro atoms. The molecule has 0 saturated carbocycles. The Morgan fingerprint density at radius 3 is 0.865 bits per heavy atom. The lowest BCUT2D eigenvalue weighted by Gasteiger charge is -2.23. The normalized spacial score (nSPS) is 13.3. The van der Waals surface area contributed by atoms with E-state index >= 15 is 0 Å². The van der Waals surface area contributed by atoms with Crippen LogP contribution < -0.4 is 0 Å². The highest BCUT2D eigenvalue weighted by Gasteiger charge is 2.15. The molecule has 0 aliphatic rings. The van der Waals surface area contributed by atoms with Gasteiger partial charge in [0, 0.05) is 0 Å². The molecule has 0 amide bonds. The fourth-order valence-electron chi connectivity index (χ4n) is 6.41. The van der Waals surface area contributed by atoms with Crippen molar-refractivity contribution in [2.75, 3.05) is 0 Å². The molecule has 0 aliphatic carbocycles. The second kappa shape index (κ2) is 32.2. The highest BCUT2D eigenvalue weighted by molar-refractivity contribution is 4.67. The van der Waals surface area contributed by atoms with Gasteiger partial charge in [-0.2, -0.15) is 0 Å². The first kappa shape index (κ1) is 37.0.